The van der Waals surface area contributed by atoms with Crippen molar-refractivity contribution in [1.29, 1.82) is 0 Å². The molecule has 0 spiro atoms. The van der Waals surface area contributed by atoms with Gasteiger partial charge in [0.2, 0.25) is 0 Å². The molecule has 0 unspecified atom stereocenters. The number of anilines is 2. The van der Waals surface area contributed by atoms with Crippen LogP contribution in [0.5, 0.6) is 0 Å². The SMILES string of the molecule is CCNc1ncccc1C(=O)Nc1ccc(F)cc1Br. The third-order valence-electron chi connectivity index (χ3n) is 2.58. The van der Waals surface area contributed by atoms with Gasteiger partial charge >= 0.3 is 0 Å². The van der Waals surface area contributed by atoms with E-state index in [1.54, 1.807) is 18.3 Å². The standard InChI is InChI=1S/C14H13BrFN3O/c1-2-17-13-10(4-3-7-18-13)14(20)19-12-6-5-9(16)8-11(12)15/h3-8H,2H2,1H3,(H,17,18)(H,19,20). The lowest BCUT2D eigenvalue weighted by atomic mass is 10.2. The van der Waals surface area contributed by atoms with E-state index in [2.05, 4.69) is 31.5 Å². The summed E-state index contributed by atoms with van der Waals surface area (Å²) in [6.45, 7) is 2.59. The minimum atomic E-state index is -0.371. The smallest absolute Gasteiger partial charge is 0.259 e. The number of hydrogen-bond donors (Lipinski definition) is 2. The molecular weight excluding hydrogens is 325 g/mol. The van der Waals surface area contributed by atoms with Gasteiger partial charge in [-0.1, -0.05) is 0 Å². The Morgan fingerprint density at radius 2 is 2.20 bits per heavy atom. The maximum atomic E-state index is 13.0. The third kappa shape index (κ3) is 3.33. The molecule has 1 amide bonds. The van der Waals surface area contributed by atoms with Crippen LogP contribution in [0.25, 0.3) is 0 Å². The van der Waals surface area contributed by atoms with E-state index in [4.69, 9.17) is 0 Å². The molecule has 1 aromatic heterocycles. The zero-order valence-corrected chi connectivity index (χ0v) is 12.4. The molecule has 20 heavy (non-hydrogen) atoms. The van der Waals surface area contributed by atoms with Crippen molar-refractivity contribution < 1.29 is 9.18 Å². The van der Waals surface area contributed by atoms with E-state index < -0.39 is 0 Å². The number of nitrogens with one attached hydrogen (secondary N) is 2. The molecule has 2 aromatic rings. The predicted molar refractivity (Wildman–Crippen MR) is 80.5 cm³/mol. The number of carbonyl (C=O) groups is 1. The molecule has 104 valence electrons. The summed E-state index contributed by atoms with van der Waals surface area (Å²) in [6, 6.07) is 7.45. The molecular formula is C14H13BrFN3O. The first-order chi connectivity index (χ1) is 9.61. The molecule has 0 aliphatic carbocycles. The van der Waals surface area contributed by atoms with E-state index in [0.29, 0.717) is 28.1 Å². The first-order valence-corrected chi connectivity index (χ1v) is 6.86. The highest BCUT2D eigenvalue weighted by Crippen LogP contribution is 2.24. The van der Waals surface area contributed by atoms with E-state index >= 15 is 0 Å². The van der Waals surface area contributed by atoms with E-state index in [-0.39, 0.29) is 11.7 Å². The monoisotopic (exact) mass is 337 g/mol. The summed E-state index contributed by atoms with van der Waals surface area (Å²) in [4.78, 5) is 16.4. The quantitative estimate of drug-likeness (QED) is 0.894. The molecule has 1 aromatic carbocycles. The van der Waals surface area contributed by atoms with Crippen LogP contribution in [-0.2, 0) is 0 Å². The van der Waals surface area contributed by atoms with Gasteiger partial charge in [-0.2, -0.15) is 0 Å². The van der Waals surface area contributed by atoms with Crippen molar-refractivity contribution in [2.24, 2.45) is 0 Å². The van der Waals surface area contributed by atoms with Gasteiger partial charge in [0.05, 0.1) is 11.3 Å². The molecule has 0 radical (unpaired) electrons. The van der Waals surface area contributed by atoms with E-state index in [1.165, 1.54) is 18.2 Å². The molecule has 0 fully saturated rings. The van der Waals surface area contributed by atoms with Crippen molar-refractivity contribution >= 4 is 33.3 Å². The molecule has 6 heteroatoms. The molecule has 0 saturated heterocycles. The minimum Gasteiger partial charge on any atom is -0.370 e. The highest BCUT2D eigenvalue weighted by molar-refractivity contribution is 9.10. The Bertz CT molecular complexity index is 634. The summed E-state index contributed by atoms with van der Waals surface area (Å²) >= 11 is 3.21. The van der Waals surface area contributed by atoms with Crippen LogP contribution in [0.3, 0.4) is 0 Å². The fourth-order valence-electron chi connectivity index (χ4n) is 1.68. The van der Waals surface area contributed by atoms with Gasteiger partial charge < -0.3 is 10.6 Å². The van der Waals surface area contributed by atoms with Gasteiger partial charge in [-0.25, -0.2) is 9.37 Å². The lowest BCUT2D eigenvalue weighted by Crippen LogP contribution is -2.16. The maximum absolute atomic E-state index is 13.0. The fourth-order valence-corrected chi connectivity index (χ4v) is 2.13. The number of halogens is 2. The normalized spacial score (nSPS) is 10.2. The number of carbonyl (C=O) groups excluding carboxylic acids is 1. The lowest BCUT2D eigenvalue weighted by Gasteiger charge is -2.11. The van der Waals surface area contributed by atoms with Crippen LogP contribution in [0.4, 0.5) is 15.9 Å². The maximum Gasteiger partial charge on any atom is 0.259 e. The van der Waals surface area contributed by atoms with Crippen LogP contribution < -0.4 is 10.6 Å². The van der Waals surface area contributed by atoms with Crippen LogP contribution in [0.2, 0.25) is 0 Å². The van der Waals surface area contributed by atoms with Crippen LogP contribution in [0.15, 0.2) is 41.0 Å². The van der Waals surface area contributed by atoms with Gasteiger partial charge in [0.25, 0.3) is 5.91 Å². The first-order valence-electron chi connectivity index (χ1n) is 6.07. The van der Waals surface area contributed by atoms with Gasteiger partial charge in [-0.3, -0.25) is 4.79 Å². The van der Waals surface area contributed by atoms with E-state index in [0.717, 1.165) is 0 Å². The number of benzene rings is 1. The summed E-state index contributed by atoms with van der Waals surface area (Å²) in [6.07, 6.45) is 1.61. The van der Waals surface area contributed by atoms with Crippen molar-refractivity contribution in [3.8, 4) is 0 Å². The number of hydrogen-bond acceptors (Lipinski definition) is 3. The molecule has 4 nitrogen and oxygen atoms in total. The topological polar surface area (TPSA) is 54.0 Å². The predicted octanol–water partition coefficient (Wildman–Crippen LogP) is 3.67. The summed E-state index contributed by atoms with van der Waals surface area (Å²) in [5, 5.41) is 5.74. The Hall–Kier alpha value is -1.95. The summed E-state index contributed by atoms with van der Waals surface area (Å²) in [5.74, 6) is -0.156. The molecule has 0 aliphatic rings. The molecule has 1 heterocycles. The number of rotatable bonds is 4. The van der Waals surface area contributed by atoms with Gasteiger partial charge in [-0.05, 0) is 53.2 Å². The van der Waals surface area contributed by atoms with Crippen molar-refractivity contribution in [2.45, 2.75) is 6.92 Å². The average Bonchev–Trinajstić information content (AvgIpc) is 2.43. The third-order valence-corrected chi connectivity index (χ3v) is 3.23. The average molecular weight is 338 g/mol. The second kappa shape index (κ2) is 6.47. The van der Waals surface area contributed by atoms with Crippen LogP contribution in [0.1, 0.15) is 17.3 Å². The Morgan fingerprint density at radius 3 is 2.90 bits per heavy atom. The second-order valence-electron chi connectivity index (χ2n) is 4.01. The highest BCUT2D eigenvalue weighted by Gasteiger charge is 2.13. The molecule has 2 rings (SSSR count). The number of pyridine rings is 1. The van der Waals surface area contributed by atoms with Crippen molar-refractivity contribution in [3.05, 3.63) is 52.4 Å². The van der Waals surface area contributed by atoms with Gasteiger partial charge in [-0.15, -0.1) is 0 Å². The van der Waals surface area contributed by atoms with Crippen molar-refractivity contribution in [2.75, 3.05) is 17.2 Å². The Morgan fingerprint density at radius 1 is 1.40 bits per heavy atom. The Labute approximate surface area is 124 Å². The fraction of sp³-hybridized carbons (Fsp3) is 0.143. The zero-order valence-electron chi connectivity index (χ0n) is 10.8. The summed E-state index contributed by atoms with van der Waals surface area (Å²) < 4.78 is 13.5. The Balaban J connectivity index is 2.24. The summed E-state index contributed by atoms with van der Waals surface area (Å²) in [7, 11) is 0. The molecule has 0 saturated carbocycles. The van der Waals surface area contributed by atoms with Crippen LogP contribution >= 0.6 is 15.9 Å². The van der Waals surface area contributed by atoms with Crippen molar-refractivity contribution in [3.63, 3.8) is 0 Å². The largest absolute Gasteiger partial charge is 0.370 e. The van der Waals surface area contributed by atoms with Crippen LogP contribution in [0, 0.1) is 5.82 Å². The molecule has 0 bridgehead atoms. The van der Waals surface area contributed by atoms with E-state index in [9.17, 15) is 9.18 Å². The Kier molecular flexibility index (Phi) is 4.68. The minimum absolute atomic E-state index is 0.304. The molecule has 0 aliphatic heterocycles. The van der Waals surface area contributed by atoms with Crippen LogP contribution in [-0.4, -0.2) is 17.4 Å². The zero-order chi connectivity index (χ0) is 14.5. The number of aromatic nitrogens is 1. The molecule has 2 N–H and O–H groups in total. The second-order valence-corrected chi connectivity index (χ2v) is 4.86. The molecule has 0 atom stereocenters. The lowest BCUT2D eigenvalue weighted by molar-refractivity contribution is 0.102. The summed E-state index contributed by atoms with van der Waals surface area (Å²) in [5.41, 5.74) is 0.938. The first kappa shape index (κ1) is 14.5. The number of amides is 1. The van der Waals surface area contributed by atoms with Crippen molar-refractivity contribution in [1.82, 2.24) is 4.98 Å². The van der Waals surface area contributed by atoms with E-state index in [1.807, 2.05) is 6.92 Å². The van der Waals surface area contributed by atoms with Gasteiger partial charge in [0.15, 0.2) is 0 Å². The van der Waals surface area contributed by atoms with Gasteiger partial charge in [0, 0.05) is 17.2 Å². The highest BCUT2D eigenvalue weighted by atomic mass is 79.9. The number of nitrogens with zero attached hydrogens (tertiary/aromatic N) is 1. The van der Waals surface area contributed by atoms with Gasteiger partial charge in [0.1, 0.15) is 11.6 Å².